The zero-order valence-corrected chi connectivity index (χ0v) is 14.7. The van der Waals surface area contributed by atoms with Crippen molar-refractivity contribution in [3.63, 3.8) is 0 Å². The van der Waals surface area contributed by atoms with E-state index in [1.165, 1.54) is 17.3 Å². The van der Waals surface area contributed by atoms with Crippen molar-refractivity contribution in [2.24, 2.45) is 4.99 Å². The summed E-state index contributed by atoms with van der Waals surface area (Å²) in [5.74, 6) is 0. The van der Waals surface area contributed by atoms with Crippen LogP contribution in [0.3, 0.4) is 0 Å². The second-order valence-electron chi connectivity index (χ2n) is 6.76. The molecule has 4 heteroatoms. The molecule has 0 radical (unpaired) electrons. The Bertz CT molecular complexity index is 1250. The average molecular weight is 351 g/mol. The van der Waals surface area contributed by atoms with E-state index < -0.39 is 0 Å². The largest absolute Gasteiger partial charge is 0.301 e. The topological polar surface area (TPSA) is 47.2 Å². The number of benzene rings is 3. The third-order valence-electron chi connectivity index (χ3n) is 4.99. The van der Waals surface area contributed by atoms with Crippen LogP contribution in [0, 0.1) is 0 Å². The number of aliphatic imine (C=N–C) groups is 1. The molecule has 1 aliphatic rings. The zero-order valence-electron chi connectivity index (χ0n) is 14.7. The van der Waals surface area contributed by atoms with E-state index in [1.807, 2.05) is 36.5 Å². The molecule has 0 saturated heterocycles. The molecule has 1 aromatic heterocycles. The Morgan fingerprint density at radius 3 is 2.78 bits per heavy atom. The summed E-state index contributed by atoms with van der Waals surface area (Å²) in [5.41, 5.74) is 7.43. The first-order chi connectivity index (χ1) is 13.3. The normalized spacial score (nSPS) is 12.4. The Morgan fingerprint density at radius 1 is 0.926 bits per heavy atom. The van der Waals surface area contributed by atoms with Crippen LogP contribution < -0.4 is 5.56 Å². The third-order valence-corrected chi connectivity index (χ3v) is 4.99. The number of hydrogen-bond donors (Lipinski definition) is 0. The monoisotopic (exact) mass is 351 g/mol. The molecule has 0 spiro atoms. The lowest BCUT2D eigenvalue weighted by atomic mass is 9.99. The molecule has 4 nitrogen and oxygen atoms in total. The minimum absolute atomic E-state index is 0.0900. The van der Waals surface area contributed by atoms with Crippen molar-refractivity contribution in [3.05, 3.63) is 100.0 Å². The van der Waals surface area contributed by atoms with Gasteiger partial charge in [-0.3, -0.25) is 9.79 Å². The van der Waals surface area contributed by atoms with Gasteiger partial charge in [0.2, 0.25) is 0 Å². The summed E-state index contributed by atoms with van der Waals surface area (Å²) in [6, 6.07) is 22.5. The fourth-order valence-corrected chi connectivity index (χ4v) is 3.59. The first-order valence-corrected chi connectivity index (χ1v) is 8.95. The highest BCUT2D eigenvalue weighted by Gasteiger charge is 2.09. The van der Waals surface area contributed by atoms with Crippen LogP contribution >= 0.6 is 0 Å². The minimum atomic E-state index is -0.0900. The molecule has 130 valence electrons. The van der Waals surface area contributed by atoms with Gasteiger partial charge >= 0.3 is 0 Å². The third kappa shape index (κ3) is 2.85. The minimum Gasteiger partial charge on any atom is -0.301 e. The molecule has 1 aliphatic heterocycles. The summed E-state index contributed by atoms with van der Waals surface area (Å²) in [4.78, 5) is 21.0. The molecule has 0 atom stereocenters. The van der Waals surface area contributed by atoms with Gasteiger partial charge in [-0.1, -0.05) is 42.5 Å². The number of rotatable bonds is 3. The van der Waals surface area contributed by atoms with E-state index in [-0.39, 0.29) is 5.56 Å². The number of fused-ring (bicyclic) bond motifs is 2. The highest BCUT2D eigenvalue weighted by atomic mass is 16.1. The van der Waals surface area contributed by atoms with E-state index in [9.17, 15) is 4.79 Å². The van der Waals surface area contributed by atoms with Crippen molar-refractivity contribution in [1.29, 1.82) is 0 Å². The molecule has 0 amide bonds. The summed E-state index contributed by atoms with van der Waals surface area (Å²) in [5, 5.41) is 0. The van der Waals surface area contributed by atoms with Gasteiger partial charge < -0.3 is 4.57 Å². The molecule has 3 aromatic carbocycles. The molecule has 0 aliphatic carbocycles. The fraction of sp³-hybridized carbons (Fsp3) is 0.0870. The summed E-state index contributed by atoms with van der Waals surface area (Å²) >= 11 is 0. The van der Waals surface area contributed by atoms with Crippen molar-refractivity contribution in [2.75, 3.05) is 0 Å². The van der Waals surface area contributed by atoms with Gasteiger partial charge in [-0.15, -0.1) is 0 Å². The van der Waals surface area contributed by atoms with Crippen LogP contribution in [0.2, 0.25) is 0 Å². The van der Waals surface area contributed by atoms with Gasteiger partial charge in [-0.2, -0.15) is 0 Å². The van der Waals surface area contributed by atoms with Crippen molar-refractivity contribution >= 4 is 17.2 Å². The summed E-state index contributed by atoms with van der Waals surface area (Å²) in [6.45, 7) is 1.29. The quantitative estimate of drug-likeness (QED) is 0.559. The van der Waals surface area contributed by atoms with Crippen molar-refractivity contribution in [2.45, 2.75) is 13.1 Å². The molecular formula is C23H17N3O. The highest BCUT2D eigenvalue weighted by molar-refractivity contribution is 5.87. The lowest BCUT2D eigenvalue weighted by Gasteiger charge is -2.11. The smallest absolute Gasteiger partial charge is 0.269 e. The lowest BCUT2D eigenvalue weighted by Crippen LogP contribution is -2.21. The number of nitrogens with zero attached hydrogens (tertiary/aromatic N) is 3. The molecule has 5 rings (SSSR count). The Hall–Kier alpha value is -3.53. The first-order valence-electron chi connectivity index (χ1n) is 8.95. The Balaban J connectivity index is 1.55. The molecule has 27 heavy (non-hydrogen) atoms. The number of aromatic nitrogens is 2. The van der Waals surface area contributed by atoms with E-state index in [2.05, 4.69) is 46.4 Å². The predicted octanol–water partition coefficient (Wildman–Crippen LogP) is 4.04. The number of hydrogen-bond acceptors (Lipinski definition) is 3. The maximum absolute atomic E-state index is 12.4. The molecule has 0 unspecified atom stereocenters. The van der Waals surface area contributed by atoms with Crippen LogP contribution in [-0.2, 0) is 13.1 Å². The molecular weight excluding hydrogens is 334 g/mol. The van der Waals surface area contributed by atoms with Crippen LogP contribution in [0.4, 0.5) is 0 Å². The molecule has 0 fully saturated rings. The van der Waals surface area contributed by atoms with Crippen LogP contribution in [-0.4, -0.2) is 15.8 Å². The SMILES string of the molecule is O=c1cnc2ccccc2n1Cc1cccc(-c2ccc3c(c2)C=NC3)c1. The molecule has 4 aromatic rings. The van der Waals surface area contributed by atoms with Crippen LogP contribution in [0.5, 0.6) is 0 Å². The highest BCUT2D eigenvalue weighted by Crippen LogP contribution is 2.25. The summed E-state index contributed by atoms with van der Waals surface area (Å²) in [6.07, 6.45) is 3.33. The summed E-state index contributed by atoms with van der Waals surface area (Å²) in [7, 11) is 0. The van der Waals surface area contributed by atoms with Gasteiger partial charge in [0.15, 0.2) is 0 Å². The van der Waals surface area contributed by atoms with Gasteiger partial charge in [0.25, 0.3) is 5.56 Å². The number of para-hydroxylation sites is 2. The second kappa shape index (κ2) is 6.32. The standard InChI is InChI=1S/C23H17N3O/c27-23-14-25-21-6-1-2-7-22(21)26(23)15-16-4-3-5-17(10-16)18-8-9-19-12-24-13-20(19)11-18/h1-11,13-14H,12,15H2. The zero-order chi connectivity index (χ0) is 18.2. The predicted molar refractivity (Wildman–Crippen MR) is 108 cm³/mol. The Morgan fingerprint density at radius 2 is 1.81 bits per heavy atom. The van der Waals surface area contributed by atoms with Crippen molar-refractivity contribution in [1.82, 2.24) is 9.55 Å². The van der Waals surface area contributed by atoms with Crippen molar-refractivity contribution < 1.29 is 0 Å². The lowest BCUT2D eigenvalue weighted by molar-refractivity contribution is 0.787. The molecule has 0 N–H and O–H groups in total. The van der Waals surface area contributed by atoms with E-state index in [1.54, 1.807) is 4.57 Å². The van der Waals surface area contributed by atoms with E-state index in [4.69, 9.17) is 0 Å². The fourth-order valence-electron chi connectivity index (χ4n) is 3.59. The van der Waals surface area contributed by atoms with E-state index >= 15 is 0 Å². The van der Waals surface area contributed by atoms with Gasteiger partial charge in [0.1, 0.15) is 0 Å². The van der Waals surface area contributed by atoms with E-state index in [0.717, 1.165) is 34.3 Å². The Kier molecular flexibility index (Phi) is 3.68. The maximum atomic E-state index is 12.4. The van der Waals surface area contributed by atoms with Gasteiger partial charge in [-0.05, 0) is 52.1 Å². The second-order valence-corrected chi connectivity index (χ2v) is 6.76. The molecule has 0 saturated carbocycles. The van der Waals surface area contributed by atoms with Crippen LogP contribution in [0.25, 0.3) is 22.2 Å². The van der Waals surface area contributed by atoms with Crippen LogP contribution in [0.15, 0.2) is 82.7 Å². The van der Waals surface area contributed by atoms with Gasteiger partial charge in [-0.25, -0.2) is 4.98 Å². The Labute approximate surface area is 156 Å². The van der Waals surface area contributed by atoms with Gasteiger partial charge in [0, 0.05) is 6.21 Å². The van der Waals surface area contributed by atoms with Gasteiger partial charge in [0.05, 0.1) is 30.3 Å². The maximum Gasteiger partial charge on any atom is 0.269 e. The van der Waals surface area contributed by atoms with E-state index in [0.29, 0.717) is 6.54 Å². The van der Waals surface area contributed by atoms with Crippen LogP contribution in [0.1, 0.15) is 16.7 Å². The molecule has 2 heterocycles. The van der Waals surface area contributed by atoms with Crippen molar-refractivity contribution in [3.8, 4) is 11.1 Å². The average Bonchev–Trinajstić information content (AvgIpc) is 3.18. The first kappa shape index (κ1) is 15.7. The summed E-state index contributed by atoms with van der Waals surface area (Å²) < 4.78 is 1.77. The molecule has 0 bridgehead atoms.